The number of hydrogen-bond donors (Lipinski definition) is 0. The number of benzene rings is 6. The monoisotopic (exact) mass is 666 g/mol. The van der Waals surface area contributed by atoms with E-state index in [0.717, 1.165) is 0 Å². The molecule has 0 spiro atoms. The van der Waals surface area contributed by atoms with E-state index in [1.165, 1.54) is 31.8 Å². The van der Waals surface area contributed by atoms with Crippen LogP contribution in [0.15, 0.2) is 182 Å². The van der Waals surface area contributed by atoms with Crippen molar-refractivity contribution in [2.24, 2.45) is 0 Å². The minimum atomic E-state index is -2.41. The summed E-state index contributed by atoms with van der Waals surface area (Å²) in [5, 5.41) is 7.86. The Morgan fingerprint density at radius 2 is 0.525 bits per heavy atom. The van der Waals surface area contributed by atoms with Crippen molar-refractivity contribution in [3.8, 4) is 0 Å². The molecule has 0 bridgehead atoms. The zero-order valence-corrected chi connectivity index (χ0v) is 26.2. The average Bonchev–Trinajstić information content (AvgIpc) is 3.04. The van der Waals surface area contributed by atoms with Crippen molar-refractivity contribution in [2.75, 3.05) is 0 Å². The SMILES string of the molecule is Cl[PH](c1ccccc1)(c1ccccc1)c1ccccc1.[Pd].c1ccc(P(c2ccccc2)c2ccccc2)cc1. The van der Waals surface area contributed by atoms with E-state index in [1.807, 2.05) is 18.2 Å². The van der Waals surface area contributed by atoms with Crippen LogP contribution in [0.2, 0.25) is 0 Å². The fourth-order valence-corrected chi connectivity index (χ4v) is 11.1. The van der Waals surface area contributed by atoms with Crippen molar-refractivity contribution >= 4 is 57.6 Å². The molecular weight excluding hydrogens is 636 g/mol. The Morgan fingerprint density at radius 1 is 0.325 bits per heavy atom. The van der Waals surface area contributed by atoms with E-state index in [1.54, 1.807) is 0 Å². The fraction of sp³-hybridized carbons (Fsp3) is 0. The van der Waals surface area contributed by atoms with Gasteiger partial charge in [0.1, 0.15) is 0 Å². The molecule has 0 nitrogen and oxygen atoms in total. The maximum Gasteiger partial charge on any atom is 0 e. The maximum absolute atomic E-state index is 7.25. The van der Waals surface area contributed by atoms with Gasteiger partial charge in [-0.1, -0.05) is 91.0 Å². The standard InChI is InChI=1S/C18H16ClP.C18H15P.Pd/c19-20(16-10-4-1-5-11-16,17-12-6-2-7-13-17)18-14-8-3-9-15-18;1-4-10-16(11-5-1)19(17-12-6-2-7-13-17)18-14-8-3-9-15-18;/h1-15,20H;1-15H;. The summed E-state index contributed by atoms with van der Waals surface area (Å²) in [6.45, 7) is -2.41. The molecule has 0 aliphatic heterocycles. The van der Waals surface area contributed by atoms with Gasteiger partial charge in [-0.3, -0.25) is 0 Å². The smallest absolute Gasteiger partial charge is 0 e. The van der Waals surface area contributed by atoms with E-state index in [0.29, 0.717) is 0 Å². The van der Waals surface area contributed by atoms with Crippen molar-refractivity contribution in [2.45, 2.75) is 0 Å². The molecule has 0 fully saturated rings. The van der Waals surface area contributed by atoms with Crippen LogP contribution in [0.3, 0.4) is 0 Å². The van der Waals surface area contributed by atoms with E-state index >= 15 is 0 Å². The zero-order valence-electron chi connectivity index (χ0n) is 22.0. The van der Waals surface area contributed by atoms with Crippen molar-refractivity contribution < 1.29 is 20.4 Å². The molecule has 202 valence electrons. The van der Waals surface area contributed by atoms with Crippen molar-refractivity contribution in [1.29, 1.82) is 0 Å². The Kier molecular flexibility index (Phi) is 11.5. The molecule has 0 amide bonds. The third-order valence-corrected chi connectivity index (χ3v) is 14.4. The number of hydrogen-bond acceptors (Lipinski definition) is 0. The first-order chi connectivity index (χ1) is 19.3. The van der Waals surface area contributed by atoms with Gasteiger partial charge in [-0.2, -0.15) is 0 Å². The molecule has 4 heteroatoms. The second-order valence-corrected chi connectivity index (χ2v) is 16.1. The van der Waals surface area contributed by atoms with Crippen LogP contribution in [0.5, 0.6) is 0 Å². The van der Waals surface area contributed by atoms with Crippen LogP contribution < -0.4 is 31.8 Å². The normalized spacial score (nSPS) is 11.1. The first-order valence-corrected chi connectivity index (χ1v) is 17.4. The molecule has 6 aromatic rings. The Bertz CT molecular complexity index is 1340. The third-order valence-electron chi connectivity index (χ3n) is 6.56. The predicted molar refractivity (Wildman–Crippen MR) is 178 cm³/mol. The first-order valence-electron chi connectivity index (χ1n) is 13.1. The first kappa shape index (κ1) is 30.1. The summed E-state index contributed by atoms with van der Waals surface area (Å²) < 4.78 is 0. The molecule has 0 N–H and O–H groups in total. The molecule has 0 saturated carbocycles. The van der Waals surface area contributed by atoms with Crippen LogP contribution in [0, 0.1) is 0 Å². The number of rotatable bonds is 6. The molecule has 0 aliphatic rings. The third kappa shape index (κ3) is 7.25. The molecular formula is C36H31ClP2Pd. The summed E-state index contributed by atoms with van der Waals surface area (Å²) in [5.41, 5.74) is 0. The quantitative estimate of drug-likeness (QED) is 0.129. The van der Waals surface area contributed by atoms with Gasteiger partial charge in [0.15, 0.2) is 0 Å². The minimum absolute atomic E-state index is 0. The molecule has 0 unspecified atom stereocenters. The van der Waals surface area contributed by atoms with E-state index in [-0.39, 0.29) is 20.4 Å². The Morgan fingerprint density at radius 3 is 0.750 bits per heavy atom. The van der Waals surface area contributed by atoms with Gasteiger partial charge in [-0.05, 0) is 23.8 Å². The average molecular weight is 667 g/mol. The summed E-state index contributed by atoms with van der Waals surface area (Å²) in [6, 6.07) is 63.6. The van der Waals surface area contributed by atoms with Crippen molar-refractivity contribution in [3.63, 3.8) is 0 Å². The minimum Gasteiger partial charge on any atom is -0.0622 e. The molecule has 0 aromatic heterocycles. The summed E-state index contributed by atoms with van der Waals surface area (Å²) >= 11 is 7.25. The van der Waals surface area contributed by atoms with E-state index in [2.05, 4.69) is 164 Å². The van der Waals surface area contributed by atoms with Crippen LogP contribution in [-0.2, 0) is 20.4 Å². The van der Waals surface area contributed by atoms with Gasteiger partial charge in [0.25, 0.3) is 0 Å². The predicted octanol–water partition coefficient (Wildman–Crippen LogP) is 7.31. The van der Waals surface area contributed by atoms with Gasteiger partial charge in [0.2, 0.25) is 0 Å². The van der Waals surface area contributed by atoms with Gasteiger partial charge >= 0.3 is 125 Å². The summed E-state index contributed by atoms with van der Waals surface area (Å²) in [5.74, 6) is 0. The van der Waals surface area contributed by atoms with Crippen LogP contribution in [0.4, 0.5) is 0 Å². The van der Waals surface area contributed by atoms with Gasteiger partial charge in [-0.15, -0.1) is 0 Å². The largest absolute Gasteiger partial charge is 0.0622 e. The summed E-state index contributed by atoms with van der Waals surface area (Å²) in [7, 11) is -0.446. The van der Waals surface area contributed by atoms with E-state index in [4.69, 9.17) is 11.2 Å². The Hall–Kier alpha value is -2.87. The summed E-state index contributed by atoms with van der Waals surface area (Å²) in [6.07, 6.45) is 0. The molecule has 0 aliphatic carbocycles. The van der Waals surface area contributed by atoms with Crippen LogP contribution >= 0.6 is 25.8 Å². The summed E-state index contributed by atoms with van der Waals surface area (Å²) in [4.78, 5) is 0. The molecule has 40 heavy (non-hydrogen) atoms. The van der Waals surface area contributed by atoms with E-state index in [9.17, 15) is 0 Å². The molecule has 0 atom stereocenters. The van der Waals surface area contributed by atoms with Crippen LogP contribution in [0.25, 0.3) is 0 Å². The molecule has 6 aromatic carbocycles. The Balaban J connectivity index is 0.000000181. The van der Waals surface area contributed by atoms with Crippen LogP contribution in [-0.4, -0.2) is 0 Å². The fourth-order valence-electron chi connectivity index (χ4n) is 4.68. The van der Waals surface area contributed by atoms with Gasteiger partial charge in [0, 0.05) is 20.4 Å². The van der Waals surface area contributed by atoms with Gasteiger partial charge in [-0.25, -0.2) is 0 Å². The van der Waals surface area contributed by atoms with Crippen molar-refractivity contribution in [1.82, 2.24) is 0 Å². The van der Waals surface area contributed by atoms with Crippen molar-refractivity contribution in [3.05, 3.63) is 182 Å². The Labute approximate surface area is 258 Å². The van der Waals surface area contributed by atoms with Gasteiger partial charge in [0.05, 0.1) is 0 Å². The van der Waals surface area contributed by atoms with E-state index < -0.39 is 14.5 Å². The molecule has 6 rings (SSSR count). The second kappa shape index (κ2) is 15.2. The van der Waals surface area contributed by atoms with Gasteiger partial charge < -0.3 is 0 Å². The second-order valence-electron chi connectivity index (χ2n) is 9.10. The zero-order chi connectivity index (χ0) is 26.8. The molecule has 0 radical (unpaired) electrons. The molecule has 0 saturated heterocycles. The topological polar surface area (TPSA) is 0 Å². The molecule has 0 heterocycles. The maximum atomic E-state index is 7.25. The van der Waals surface area contributed by atoms with Crippen LogP contribution in [0.1, 0.15) is 0 Å². The number of halogens is 1.